The van der Waals surface area contributed by atoms with Crippen molar-refractivity contribution in [2.24, 2.45) is 17.4 Å². The van der Waals surface area contributed by atoms with Crippen LogP contribution in [0.25, 0.3) is 0 Å². The molecule has 0 unspecified atom stereocenters. The highest BCUT2D eigenvalue weighted by atomic mass is 14.9. The molecular formula is C7H14N2. The molecule has 0 spiro atoms. The molecule has 9 heavy (non-hydrogen) atoms. The largest absolute Gasteiger partial charge is 0.326 e. The highest BCUT2D eigenvalue weighted by Gasteiger charge is 2.47. The third-order valence-corrected chi connectivity index (χ3v) is 3.01. The van der Waals surface area contributed by atoms with Crippen molar-refractivity contribution in [1.29, 1.82) is 0 Å². The molecule has 2 aliphatic rings. The van der Waals surface area contributed by atoms with E-state index in [4.69, 9.17) is 11.5 Å². The summed E-state index contributed by atoms with van der Waals surface area (Å²) in [5, 5.41) is 0. The van der Waals surface area contributed by atoms with Crippen LogP contribution >= 0.6 is 0 Å². The predicted molar refractivity (Wildman–Crippen MR) is 36.9 cm³/mol. The lowest BCUT2D eigenvalue weighted by molar-refractivity contribution is 0.361. The van der Waals surface area contributed by atoms with E-state index in [0.29, 0.717) is 6.04 Å². The van der Waals surface area contributed by atoms with Crippen LogP contribution in [0.2, 0.25) is 0 Å². The first kappa shape index (κ1) is 5.69. The fourth-order valence-electron chi connectivity index (χ4n) is 2.35. The first-order valence-electron chi connectivity index (χ1n) is 3.75. The van der Waals surface area contributed by atoms with Crippen LogP contribution in [0.3, 0.4) is 0 Å². The van der Waals surface area contributed by atoms with Gasteiger partial charge < -0.3 is 11.5 Å². The van der Waals surface area contributed by atoms with Gasteiger partial charge in [0, 0.05) is 11.6 Å². The third-order valence-electron chi connectivity index (χ3n) is 3.01. The van der Waals surface area contributed by atoms with Crippen LogP contribution in [0, 0.1) is 5.92 Å². The van der Waals surface area contributed by atoms with Gasteiger partial charge in [-0.05, 0) is 31.6 Å². The predicted octanol–water partition coefficient (Wildman–Crippen LogP) is 0.215. The Kier molecular flexibility index (Phi) is 0.945. The summed E-state index contributed by atoms with van der Waals surface area (Å²) in [6, 6.07) is 0.302. The van der Waals surface area contributed by atoms with E-state index in [1.54, 1.807) is 0 Å². The second-order valence-electron chi connectivity index (χ2n) is 3.68. The maximum Gasteiger partial charge on any atom is 0.0310 e. The lowest BCUT2D eigenvalue weighted by atomic mass is 9.90. The molecule has 3 atom stereocenters. The lowest BCUT2D eigenvalue weighted by Gasteiger charge is -2.27. The van der Waals surface area contributed by atoms with E-state index in [1.807, 2.05) is 0 Å². The van der Waals surface area contributed by atoms with Crippen LogP contribution in [0.15, 0.2) is 0 Å². The Labute approximate surface area is 55.6 Å². The molecule has 4 N–H and O–H groups in total. The molecule has 0 heterocycles. The van der Waals surface area contributed by atoms with Crippen LogP contribution in [0.5, 0.6) is 0 Å². The first-order valence-corrected chi connectivity index (χ1v) is 3.75. The minimum Gasteiger partial charge on any atom is -0.326 e. The summed E-state index contributed by atoms with van der Waals surface area (Å²) < 4.78 is 0. The molecule has 0 aromatic carbocycles. The van der Waals surface area contributed by atoms with Crippen molar-refractivity contribution in [3.63, 3.8) is 0 Å². The van der Waals surface area contributed by atoms with Crippen LogP contribution in [0.1, 0.15) is 25.7 Å². The second-order valence-corrected chi connectivity index (χ2v) is 3.68. The molecule has 0 aliphatic heterocycles. The quantitative estimate of drug-likeness (QED) is 0.487. The van der Waals surface area contributed by atoms with Crippen molar-refractivity contribution in [3.8, 4) is 0 Å². The van der Waals surface area contributed by atoms with Gasteiger partial charge in [0.2, 0.25) is 0 Å². The van der Waals surface area contributed by atoms with Crippen molar-refractivity contribution < 1.29 is 0 Å². The highest BCUT2D eigenvalue weighted by molar-refractivity contribution is 5.07. The topological polar surface area (TPSA) is 52.0 Å². The zero-order valence-electron chi connectivity index (χ0n) is 5.64. The molecule has 52 valence electrons. The molecular weight excluding hydrogens is 112 g/mol. The van der Waals surface area contributed by atoms with Gasteiger partial charge in [-0.3, -0.25) is 0 Å². The van der Waals surface area contributed by atoms with Gasteiger partial charge in [-0.2, -0.15) is 0 Å². The Morgan fingerprint density at radius 2 is 2.22 bits per heavy atom. The summed E-state index contributed by atoms with van der Waals surface area (Å²) in [6.45, 7) is 0. The Balaban J connectivity index is 2.22. The average molecular weight is 126 g/mol. The van der Waals surface area contributed by atoms with Gasteiger partial charge in [0.15, 0.2) is 0 Å². The smallest absolute Gasteiger partial charge is 0.0310 e. The number of nitrogens with two attached hydrogens (primary N) is 2. The minimum atomic E-state index is 0.0463. The molecule has 0 aromatic rings. The molecule has 2 fully saturated rings. The number of fused-ring (bicyclic) bond motifs is 2. The van der Waals surface area contributed by atoms with E-state index in [-0.39, 0.29) is 5.54 Å². The third kappa shape index (κ3) is 0.634. The normalized spacial score (nSPS) is 56.7. The summed E-state index contributed by atoms with van der Waals surface area (Å²) in [5.74, 6) is 0.866. The van der Waals surface area contributed by atoms with Gasteiger partial charge in [0.05, 0.1) is 0 Å². The molecule has 2 rings (SSSR count). The van der Waals surface area contributed by atoms with Crippen molar-refractivity contribution in [3.05, 3.63) is 0 Å². The average Bonchev–Trinajstić information content (AvgIpc) is 2.22. The summed E-state index contributed by atoms with van der Waals surface area (Å²) in [5.41, 5.74) is 11.9. The molecule has 2 saturated carbocycles. The maximum atomic E-state index is 6.02. The number of hydrogen-bond acceptors (Lipinski definition) is 2. The highest BCUT2D eigenvalue weighted by Crippen LogP contribution is 2.44. The van der Waals surface area contributed by atoms with E-state index in [2.05, 4.69) is 0 Å². The molecule has 0 radical (unpaired) electrons. The van der Waals surface area contributed by atoms with E-state index < -0.39 is 0 Å². The zero-order valence-corrected chi connectivity index (χ0v) is 5.64. The number of rotatable bonds is 0. The van der Waals surface area contributed by atoms with Crippen molar-refractivity contribution in [2.45, 2.75) is 37.3 Å². The zero-order chi connectivity index (χ0) is 6.48. The van der Waals surface area contributed by atoms with Gasteiger partial charge in [-0.15, -0.1) is 0 Å². The van der Waals surface area contributed by atoms with Crippen LogP contribution in [0.4, 0.5) is 0 Å². The minimum absolute atomic E-state index is 0.0463. The van der Waals surface area contributed by atoms with E-state index in [1.165, 1.54) is 25.7 Å². The van der Waals surface area contributed by atoms with Crippen molar-refractivity contribution in [2.75, 3.05) is 0 Å². The molecule has 2 bridgehead atoms. The van der Waals surface area contributed by atoms with E-state index in [0.717, 1.165) is 5.92 Å². The van der Waals surface area contributed by atoms with Crippen molar-refractivity contribution >= 4 is 0 Å². The molecule has 0 aromatic heterocycles. The van der Waals surface area contributed by atoms with Crippen molar-refractivity contribution in [1.82, 2.24) is 0 Å². The lowest BCUT2D eigenvalue weighted by Crippen LogP contribution is -2.50. The van der Waals surface area contributed by atoms with E-state index >= 15 is 0 Å². The van der Waals surface area contributed by atoms with Crippen LogP contribution < -0.4 is 11.5 Å². The van der Waals surface area contributed by atoms with Crippen LogP contribution in [-0.4, -0.2) is 11.6 Å². The molecule has 2 heteroatoms. The van der Waals surface area contributed by atoms with Gasteiger partial charge in [-0.1, -0.05) is 0 Å². The Hall–Kier alpha value is -0.0800. The SMILES string of the molecule is N[C@@H]1C[C@@H]2CC[C@@]1(N)C2. The summed E-state index contributed by atoms with van der Waals surface area (Å²) in [4.78, 5) is 0. The summed E-state index contributed by atoms with van der Waals surface area (Å²) >= 11 is 0. The Morgan fingerprint density at radius 1 is 1.44 bits per heavy atom. The number of hydrogen-bond donors (Lipinski definition) is 2. The fraction of sp³-hybridized carbons (Fsp3) is 1.00. The summed E-state index contributed by atoms with van der Waals surface area (Å²) in [6.07, 6.45) is 4.85. The fourth-order valence-corrected chi connectivity index (χ4v) is 2.35. The monoisotopic (exact) mass is 126 g/mol. The van der Waals surface area contributed by atoms with E-state index in [9.17, 15) is 0 Å². The first-order chi connectivity index (χ1) is 4.21. The Bertz CT molecular complexity index is 135. The van der Waals surface area contributed by atoms with Crippen LogP contribution in [-0.2, 0) is 0 Å². The maximum absolute atomic E-state index is 6.02. The molecule has 2 aliphatic carbocycles. The van der Waals surface area contributed by atoms with Gasteiger partial charge >= 0.3 is 0 Å². The Morgan fingerprint density at radius 3 is 2.44 bits per heavy atom. The van der Waals surface area contributed by atoms with Gasteiger partial charge in [0.25, 0.3) is 0 Å². The van der Waals surface area contributed by atoms with Gasteiger partial charge in [0.1, 0.15) is 0 Å². The second kappa shape index (κ2) is 1.50. The summed E-state index contributed by atoms with van der Waals surface area (Å²) in [7, 11) is 0. The molecule has 0 amide bonds. The molecule has 2 nitrogen and oxygen atoms in total. The standard InChI is InChI=1S/C7H14N2/c8-6-3-5-1-2-7(6,9)4-5/h5-6H,1-4,8-9H2/t5-,6+,7+/m0/s1. The van der Waals surface area contributed by atoms with Gasteiger partial charge in [-0.25, -0.2) is 0 Å². The molecule has 0 saturated heterocycles.